The number of carbonyl (C=O) groups excluding carboxylic acids is 1. The lowest BCUT2D eigenvalue weighted by Crippen LogP contribution is -2.14. The van der Waals surface area contributed by atoms with Crippen LogP contribution in [0.15, 0.2) is 36.4 Å². The van der Waals surface area contributed by atoms with Crippen molar-refractivity contribution < 1.29 is 19.0 Å². The first kappa shape index (κ1) is 16.0. The minimum absolute atomic E-state index is 0.307. The summed E-state index contributed by atoms with van der Waals surface area (Å²) in [5, 5.41) is 3.30. The fourth-order valence-corrected chi connectivity index (χ4v) is 2.24. The molecule has 2 aromatic carbocycles. The van der Waals surface area contributed by atoms with Crippen molar-refractivity contribution >= 4 is 23.2 Å². The first-order chi connectivity index (χ1) is 10.6. The van der Waals surface area contributed by atoms with Gasteiger partial charge in [-0.25, -0.2) is 0 Å². The van der Waals surface area contributed by atoms with Crippen LogP contribution in [0.1, 0.15) is 10.4 Å². The number of benzene rings is 2. The van der Waals surface area contributed by atoms with Crippen LogP contribution in [-0.4, -0.2) is 27.2 Å². The Morgan fingerprint density at radius 1 is 1.00 bits per heavy atom. The van der Waals surface area contributed by atoms with Gasteiger partial charge in [0.1, 0.15) is 0 Å². The quantitative estimate of drug-likeness (QED) is 0.914. The molecule has 0 aliphatic rings. The van der Waals surface area contributed by atoms with E-state index in [9.17, 15) is 4.79 Å². The summed E-state index contributed by atoms with van der Waals surface area (Å²) in [5.41, 5.74) is 0.925. The molecule has 0 radical (unpaired) electrons. The fraction of sp³-hybridized carbons (Fsp3) is 0.188. The van der Waals surface area contributed by atoms with Crippen molar-refractivity contribution in [2.24, 2.45) is 0 Å². The molecule has 0 spiro atoms. The first-order valence-electron chi connectivity index (χ1n) is 6.46. The van der Waals surface area contributed by atoms with E-state index >= 15 is 0 Å². The number of hydrogen-bond acceptors (Lipinski definition) is 4. The van der Waals surface area contributed by atoms with E-state index < -0.39 is 0 Å². The Hall–Kier alpha value is -2.40. The second-order valence-electron chi connectivity index (χ2n) is 4.35. The Morgan fingerprint density at radius 3 is 2.32 bits per heavy atom. The molecule has 116 valence electrons. The molecular weight excluding hydrogens is 306 g/mol. The molecule has 0 aromatic heterocycles. The Bertz CT molecular complexity index is 688. The third kappa shape index (κ3) is 3.26. The minimum Gasteiger partial charge on any atom is -0.493 e. The summed E-state index contributed by atoms with van der Waals surface area (Å²) < 4.78 is 15.8. The van der Waals surface area contributed by atoms with Crippen LogP contribution in [0.3, 0.4) is 0 Å². The molecule has 22 heavy (non-hydrogen) atoms. The van der Waals surface area contributed by atoms with Crippen LogP contribution in [0.2, 0.25) is 5.02 Å². The summed E-state index contributed by atoms with van der Waals surface area (Å²) in [6.07, 6.45) is 0. The highest BCUT2D eigenvalue weighted by Crippen LogP contribution is 2.39. The largest absolute Gasteiger partial charge is 0.493 e. The molecule has 0 saturated carbocycles. The SMILES string of the molecule is COc1ccc(C(=O)Nc2cccc(Cl)c2)c(OC)c1OC. The molecule has 2 rings (SSSR count). The lowest BCUT2D eigenvalue weighted by Gasteiger charge is -2.15. The van der Waals surface area contributed by atoms with Gasteiger partial charge in [0.2, 0.25) is 5.75 Å². The standard InChI is InChI=1S/C16H16ClNO4/c1-20-13-8-7-12(14(21-2)15(13)22-3)16(19)18-11-6-4-5-10(17)9-11/h4-9H,1-3H3,(H,18,19). The molecule has 0 heterocycles. The Kier molecular flexibility index (Phi) is 5.12. The maximum Gasteiger partial charge on any atom is 0.259 e. The Balaban J connectivity index is 2.37. The number of hydrogen-bond donors (Lipinski definition) is 1. The van der Waals surface area contributed by atoms with Gasteiger partial charge < -0.3 is 19.5 Å². The van der Waals surface area contributed by atoms with E-state index in [4.69, 9.17) is 25.8 Å². The highest BCUT2D eigenvalue weighted by molar-refractivity contribution is 6.31. The summed E-state index contributed by atoms with van der Waals surface area (Å²) >= 11 is 5.91. The van der Waals surface area contributed by atoms with Gasteiger partial charge in [-0.05, 0) is 30.3 Å². The van der Waals surface area contributed by atoms with E-state index in [1.807, 2.05) is 0 Å². The molecule has 0 aliphatic carbocycles. The van der Waals surface area contributed by atoms with Gasteiger partial charge in [0.25, 0.3) is 5.91 Å². The van der Waals surface area contributed by atoms with Crippen LogP contribution in [0.4, 0.5) is 5.69 Å². The second-order valence-corrected chi connectivity index (χ2v) is 4.78. The van der Waals surface area contributed by atoms with E-state index in [0.717, 1.165) is 0 Å². The van der Waals surface area contributed by atoms with E-state index in [1.54, 1.807) is 36.4 Å². The number of ether oxygens (including phenoxy) is 3. The van der Waals surface area contributed by atoms with Crippen LogP contribution in [0, 0.1) is 0 Å². The van der Waals surface area contributed by atoms with E-state index in [1.165, 1.54) is 21.3 Å². The average Bonchev–Trinajstić information content (AvgIpc) is 2.53. The molecule has 2 aromatic rings. The highest BCUT2D eigenvalue weighted by Gasteiger charge is 2.20. The predicted octanol–water partition coefficient (Wildman–Crippen LogP) is 3.62. The maximum atomic E-state index is 12.4. The number of carbonyl (C=O) groups is 1. The average molecular weight is 322 g/mol. The van der Waals surface area contributed by atoms with Crippen molar-refractivity contribution in [1.29, 1.82) is 0 Å². The van der Waals surface area contributed by atoms with Crippen molar-refractivity contribution in [2.45, 2.75) is 0 Å². The topological polar surface area (TPSA) is 56.8 Å². The van der Waals surface area contributed by atoms with Crippen LogP contribution in [0.5, 0.6) is 17.2 Å². The van der Waals surface area contributed by atoms with Gasteiger partial charge in [-0.2, -0.15) is 0 Å². The van der Waals surface area contributed by atoms with Gasteiger partial charge >= 0.3 is 0 Å². The number of methoxy groups -OCH3 is 3. The van der Waals surface area contributed by atoms with Gasteiger partial charge in [0.05, 0.1) is 26.9 Å². The smallest absolute Gasteiger partial charge is 0.259 e. The fourth-order valence-electron chi connectivity index (χ4n) is 2.04. The summed E-state index contributed by atoms with van der Waals surface area (Å²) in [7, 11) is 4.47. The van der Waals surface area contributed by atoms with E-state index in [2.05, 4.69) is 5.32 Å². The van der Waals surface area contributed by atoms with Crippen molar-refractivity contribution in [3.05, 3.63) is 47.0 Å². The van der Waals surface area contributed by atoms with Gasteiger partial charge in [0, 0.05) is 10.7 Å². The van der Waals surface area contributed by atoms with Crippen molar-refractivity contribution in [3.63, 3.8) is 0 Å². The van der Waals surface area contributed by atoms with Gasteiger partial charge in [-0.3, -0.25) is 4.79 Å². The van der Waals surface area contributed by atoms with Gasteiger partial charge in [0.15, 0.2) is 11.5 Å². The maximum absolute atomic E-state index is 12.4. The highest BCUT2D eigenvalue weighted by atomic mass is 35.5. The van der Waals surface area contributed by atoms with Crippen LogP contribution < -0.4 is 19.5 Å². The molecular formula is C16H16ClNO4. The zero-order valence-electron chi connectivity index (χ0n) is 12.5. The van der Waals surface area contributed by atoms with Gasteiger partial charge in [-0.1, -0.05) is 17.7 Å². The van der Waals surface area contributed by atoms with Crippen molar-refractivity contribution in [3.8, 4) is 17.2 Å². The van der Waals surface area contributed by atoms with Crippen molar-refractivity contribution in [2.75, 3.05) is 26.6 Å². The van der Waals surface area contributed by atoms with Crippen LogP contribution in [0.25, 0.3) is 0 Å². The number of nitrogens with one attached hydrogen (secondary N) is 1. The number of halogens is 1. The molecule has 0 fully saturated rings. The normalized spacial score (nSPS) is 10.0. The monoisotopic (exact) mass is 321 g/mol. The Morgan fingerprint density at radius 2 is 1.73 bits per heavy atom. The molecule has 0 saturated heterocycles. The summed E-state index contributed by atoms with van der Waals surface area (Å²) in [6, 6.07) is 10.1. The summed E-state index contributed by atoms with van der Waals surface area (Å²) in [4.78, 5) is 12.4. The summed E-state index contributed by atoms with van der Waals surface area (Å²) in [6.45, 7) is 0. The molecule has 5 nitrogen and oxygen atoms in total. The first-order valence-corrected chi connectivity index (χ1v) is 6.84. The van der Waals surface area contributed by atoms with E-state index in [-0.39, 0.29) is 5.91 Å². The molecule has 0 unspecified atom stereocenters. The molecule has 0 atom stereocenters. The number of rotatable bonds is 5. The molecule has 1 amide bonds. The van der Waals surface area contributed by atoms with E-state index in [0.29, 0.717) is 33.5 Å². The lowest BCUT2D eigenvalue weighted by molar-refractivity contribution is 0.102. The predicted molar refractivity (Wildman–Crippen MR) is 85.5 cm³/mol. The summed E-state index contributed by atoms with van der Waals surface area (Å²) in [5.74, 6) is 0.823. The molecule has 0 bridgehead atoms. The molecule has 0 aliphatic heterocycles. The second kappa shape index (κ2) is 7.04. The van der Waals surface area contributed by atoms with Crippen LogP contribution in [-0.2, 0) is 0 Å². The zero-order valence-corrected chi connectivity index (χ0v) is 13.2. The third-order valence-corrected chi connectivity index (χ3v) is 3.27. The van der Waals surface area contributed by atoms with Gasteiger partial charge in [-0.15, -0.1) is 0 Å². The molecule has 6 heteroatoms. The van der Waals surface area contributed by atoms with Crippen molar-refractivity contribution in [1.82, 2.24) is 0 Å². The number of anilines is 1. The lowest BCUT2D eigenvalue weighted by atomic mass is 10.1. The molecule has 1 N–H and O–H groups in total. The third-order valence-electron chi connectivity index (χ3n) is 3.03. The number of amides is 1. The Labute approximate surface area is 133 Å². The minimum atomic E-state index is -0.333. The zero-order chi connectivity index (χ0) is 16.1. The van der Waals surface area contributed by atoms with Crippen LogP contribution >= 0.6 is 11.6 Å².